The van der Waals surface area contributed by atoms with Crippen LogP contribution in [-0.2, 0) is 13.7 Å². The van der Waals surface area contributed by atoms with Crippen LogP contribution in [0.4, 0.5) is 0 Å². The third-order valence-corrected chi connectivity index (χ3v) is 3.71. The van der Waals surface area contributed by atoms with E-state index in [0.29, 0.717) is 23.9 Å². The van der Waals surface area contributed by atoms with Crippen LogP contribution in [-0.4, -0.2) is 25.7 Å². The smallest absolute Gasteiger partial charge is 0.253 e. The van der Waals surface area contributed by atoms with Gasteiger partial charge in [0.25, 0.3) is 5.91 Å². The number of aryl methyl sites for hydroxylation is 1. The highest BCUT2D eigenvalue weighted by molar-refractivity contribution is 5.94. The van der Waals surface area contributed by atoms with Gasteiger partial charge in [-0.3, -0.25) is 4.79 Å². The number of ether oxygens (including phenoxy) is 1. The molecule has 3 aromatic rings. The van der Waals surface area contributed by atoms with Gasteiger partial charge < -0.3 is 14.6 Å². The van der Waals surface area contributed by atoms with E-state index in [-0.39, 0.29) is 11.9 Å². The van der Waals surface area contributed by atoms with Gasteiger partial charge in [-0.25, -0.2) is 4.98 Å². The number of nitrogens with zero attached hydrogens (tertiary/aromatic N) is 4. The Kier molecular flexibility index (Phi) is 5.03. The molecule has 1 aromatic carbocycles. The van der Waals surface area contributed by atoms with Gasteiger partial charge in [0.1, 0.15) is 12.9 Å². The molecule has 7 heteroatoms. The summed E-state index contributed by atoms with van der Waals surface area (Å²) >= 11 is 0. The Bertz CT molecular complexity index is 830. The number of benzene rings is 1. The Labute approximate surface area is 145 Å². The first-order valence-corrected chi connectivity index (χ1v) is 7.91. The molecule has 3 rings (SSSR count). The van der Waals surface area contributed by atoms with E-state index in [1.54, 1.807) is 23.0 Å². The van der Waals surface area contributed by atoms with Crippen LogP contribution in [0.1, 0.15) is 34.7 Å². The van der Waals surface area contributed by atoms with Gasteiger partial charge in [0.2, 0.25) is 5.88 Å². The van der Waals surface area contributed by atoms with Gasteiger partial charge in [-0.05, 0) is 18.6 Å². The van der Waals surface area contributed by atoms with Crippen molar-refractivity contribution in [2.24, 2.45) is 7.05 Å². The van der Waals surface area contributed by atoms with Gasteiger partial charge in [-0.2, -0.15) is 0 Å². The summed E-state index contributed by atoms with van der Waals surface area (Å²) in [6.07, 6.45) is 3.09. The summed E-state index contributed by atoms with van der Waals surface area (Å²) in [6.45, 7) is 2.29. The number of aromatic nitrogens is 4. The molecule has 0 bridgehead atoms. The second-order valence-corrected chi connectivity index (χ2v) is 5.65. The second kappa shape index (κ2) is 7.57. The first-order valence-electron chi connectivity index (χ1n) is 7.91. The highest BCUT2D eigenvalue weighted by Crippen LogP contribution is 2.12. The van der Waals surface area contributed by atoms with E-state index in [9.17, 15) is 4.79 Å². The largest absolute Gasteiger partial charge is 0.473 e. The van der Waals surface area contributed by atoms with E-state index in [1.807, 2.05) is 44.3 Å². The van der Waals surface area contributed by atoms with Crippen LogP contribution in [0.5, 0.6) is 5.88 Å². The molecule has 0 radical (unpaired) electrons. The molecular formula is C18H19N5O2. The van der Waals surface area contributed by atoms with E-state index in [0.717, 1.165) is 5.56 Å². The van der Waals surface area contributed by atoms with Gasteiger partial charge in [0.05, 0.1) is 11.6 Å². The summed E-state index contributed by atoms with van der Waals surface area (Å²) in [5.41, 5.74) is 1.52. The minimum atomic E-state index is -0.256. The minimum absolute atomic E-state index is 0.224. The molecule has 2 heterocycles. The Hall–Kier alpha value is -3.22. The number of hydrogen-bond donors (Lipinski definition) is 1. The molecule has 128 valence electrons. The van der Waals surface area contributed by atoms with Crippen molar-refractivity contribution in [1.82, 2.24) is 25.1 Å². The summed E-state index contributed by atoms with van der Waals surface area (Å²) in [7, 11) is 1.83. The lowest BCUT2D eigenvalue weighted by molar-refractivity contribution is 0.0937. The van der Waals surface area contributed by atoms with Gasteiger partial charge >= 0.3 is 0 Å². The summed E-state index contributed by atoms with van der Waals surface area (Å²) in [5.74, 6) is 0.934. The van der Waals surface area contributed by atoms with Crippen molar-refractivity contribution in [2.45, 2.75) is 19.6 Å². The number of hydrogen-bond acceptors (Lipinski definition) is 5. The lowest BCUT2D eigenvalue weighted by atomic mass is 10.2. The average Bonchev–Trinajstić information content (AvgIpc) is 3.07. The SMILES string of the molecule is C[C@@H](NC(=O)c1ccc(OCc2ccccc2)nc1)c1nncn1C. The number of carbonyl (C=O) groups is 1. The van der Waals surface area contributed by atoms with E-state index in [2.05, 4.69) is 20.5 Å². The van der Waals surface area contributed by atoms with Crippen LogP contribution >= 0.6 is 0 Å². The van der Waals surface area contributed by atoms with Crippen LogP contribution in [0.15, 0.2) is 55.0 Å². The Morgan fingerprint density at radius 1 is 1.24 bits per heavy atom. The molecule has 0 saturated heterocycles. The number of rotatable bonds is 6. The molecule has 0 spiro atoms. The van der Waals surface area contributed by atoms with Crippen molar-refractivity contribution >= 4 is 5.91 Å². The fraction of sp³-hybridized carbons (Fsp3) is 0.222. The zero-order chi connectivity index (χ0) is 17.6. The third kappa shape index (κ3) is 4.20. The normalized spacial score (nSPS) is 11.8. The molecule has 0 unspecified atom stereocenters. The zero-order valence-corrected chi connectivity index (χ0v) is 14.1. The number of amides is 1. The molecule has 25 heavy (non-hydrogen) atoms. The molecule has 0 aliphatic carbocycles. The molecular weight excluding hydrogens is 318 g/mol. The van der Waals surface area contributed by atoms with Crippen LogP contribution in [0.25, 0.3) is 0 Å². The van der Waals surface area contributed by atoms with Gasteiger partial charge in [-0.1, -0.05) is 30.3 Å². The van der Waals surface area contributed by atoms with E-state index >= 15 is 0 Å². The van der Waals surface area contributed by atoms with E-state index in [4.69, 9.17) is 4.74 Å². The van der Waals surface area contributed by atoms with Crippen molar-refractivity contribution in [1.29, 1.82) is 0 Å². The number of nitrogens with one attached hydrogen (secondary N) is 1. The highest BCUT2D eigenvalue weighted by Gasteiger charge is 2.15. The van der Waals surface area contributed by atoms with Crippen LogP contribution < -0.4 is 10.1 Å². The molecule has 0 fully saturated rings. The van der Waals surface area contributed by atoms with Crippen molar-refractivity contribution in [2.75, 3.05) is 0 Å². The molecule has 1 N–H and O–H groups in total. The first kappa shape index (κ1) is 16.6. The van der Waals surface area contributed by atoms with Crippen LogP contribution in [0.3, 0.4) is 0 Å². The molecule has 0 saturated carbocycles. The molecule has 2 aromatic heterocycles. The molecule has 0 aliphatic rings. The highest BCUT2D eigenvalue weighted by atomic mass is 16.5. The minimum Gasteiger partial charge on any atom is -0.473 e. The quantitative estimate of drug-likeness (QED) is 0.746. The van der Waals surface area contributed by atoms with Gasteiger partial charge in [0, 0.05) is 19.3 Å². The third-order valence-electron chi connectivity index (χ3n) is 3.71. The van der Waals surface area contributed by atoms with Crippen molar-refractivity contribution < 1.29 is 9.53 Å². The van der Waals surface area contributed by atoms with Crippen molar-refractivity contribution in [3.63, 3.8) is 0 Å². The van der Waals surface area contributed by atoms with Gasteiger partial charge in [-0.15, -0.1) is 10.2 Å². The predicted molar refractivity (Wildman–Crippen MR) is 91.9 cm³/mol. The lowest BCUT2D eigenvalue weighted by Gasteiger charge is -2.13. The van der Waals surface area contributed by atoms with Crippen molar-refractivity contribution in [3.8, 4) is 5.88 Å². The maximum absolute atomic E-state index is 12.3. The second-order valence-electron chi connectivity index (χ2n) is 5.65. The molecule has 1 atom stereocenters. The first-order chi connectivity index (χ1) is 12.1. The van der Waals surface area contributed by atoms with Crippen LogP contribution in [0, 0.1) is 0 Å². The summed E-state index contributed by atoms with van der Waals surface area (Å²) in [6, 6.07) is 12.9. The number of carbonyl (C=O) groups excluding carboxylic acids is 1. The summed E-state index contributed by atoms with van der Waals surface area (Å²) in [4.78, 5) is 16.5. The monoisotopic (exact) mass is 337 g/mol. The predicted octanol–water partition coefficient (Wildman–Crippen LogP) is 2.28. The maximum atomic E-state index is 12.3. The molecule has 0 aliphatic heterocycles. The molecule has 1 amide bonds. The lowest BCUT2D eigenvalue weighted by Crippen LogP contribution is -2.28. The fourth-order valence-electron chi connectivity index (χ4n) is 2.36. The van der Waals surface area contributed by atoms with Crippen LogP contribution in [0.2, 0.25) is 0 Å². The Morgan fingerprint density at radius 3 is 2.68 bits per heavy atom. The van der Waals surface area contributed by atoms with Gasteiger partial charge in [0.15, 0.2) is 5.82 Å². The molecule has 7 nitrogen and oxygen atoms in total. The zero-order valence-electron chi connectivity index (χ0n) is 14.1. The van der Waals surface area contributed by atoms with E-state index in [1.165, 1.54) is 6.20 Å². The van der Waals surface area contributed by atoms with Crippen molar-refractivity contribution in [3.05, 3.63) is 71.9 Å². The Morgan fingerprint density at radius 2 is 2.04 bits per heavy atom. The Balaban J connectivity index is 1.58. The fourth-order valence-corrected chi connectivity index (χ4v) is 2.36. The number of pyridine rings is 1. The average molecular weight is 337 g/mol. The summed E-state index contributed by atoms with van der Waals surface area (Å²) in [5, 5.41) is 10.7. The standard InChI is InChI=1S/C18H19N5O2/c1-13(17-22-20-12-23(17)2)21-18(24)15-8-9-16(19-10-15)25-11-14-6-4-3-5-7-14/h3-10,12-13H,11H2,1-2H3,(H,21,24)/t13-/m1/s1. The maximum Gasteiger partial charge on any atom is 0.253 e. The topological polar surface area (TPSA) is 81.9 Å². The van der Waals surface area contributed by atoms with E-state index < -0.39 is 0 Å². The summed E-state index contributed by atoms with van der Waals surface area (Å²) < 4.78 is 7.39.